The highest BCUT2D eigenvalue weighted by Gasteiger charge is 2.09. The molecule has 0 aromatic carbocycles. The van der Waals surface area contributed by atoms with E-state index in [1.54, 1.807) is 10.8 Å². The molecule has 108 valence electrons. The van der Waals surface area contributed by atoms with Crippen LogP contribution in [0.25, 0.3) is 0 Å². The fourth-order valence-corrected chi connectivity index (χ4v) is 1.95. The van der Waals surface area contributed by atoms with Gasteiger partial charge in [-0.25, -0.2) is 4.98 Å². The Kier molecular flexibility index (Phi) is 4.98. The largest absolute Gasteiger partial charge is 0.484 e. The van der Waals surface area contributed by atoms with Crippen molar-refractivity contribution in [3.8, 4) is 5.75 Å². The van der Waals surface area contributed by atoms with Crippen molar-refractivity contribution in [3.63, 3.8) is 0 Å². The maximum atomic E-state index is 5.95. The summed E-state index contributed by atoms with van der Waals surface area (Å²) in [6.07, 6.45) is 1.62. The zero-order chi connectivity index (χ0) is 14.5. The number of pyridine rings is 1. The minimum absolute atomic E-state index is 0.368. The first-order chi connectivity index (χ1) is 9.61. The number of rotatable bonds is 6. The van der Waals surface area contributed by atoms with Crippen LogP contribution in [0, 0.1) is 6.92 Å². The van der Waals surface area contributed by atoms with Gasteiger partial charge in [-0.05, 0) is 25.6 Å². The van der Waals surface area contributed by atoms with E-state index in [4.69, 9.17) is 16.3 Å². The van der Waals surface area contributed by atoms with Gasteiger partial charge in [-0.15, -0.1) is 0 Å². The van der Waals surface area contributed by atoms with Crippen molar-refractivity contribution in [1.82, 2.24) is 19.9 Å². The normalized spacial score (nSPS) is 10.8. The first kappa shape index (κ1) is 14.8. The Morgan fingerprint density at radius 3 is 2.85 bits per heavy atom. The van der Waals surface area contributed by atoms with Gasteiger partial charge in [-0.3, -0.25) is 4.98 Å². The number of nitrogens with zero attached hydrogens (tertiary/aromatic N) is 3. The van der Waals surface area contributed by atoms with Crippen molar-refractivity contribution < 1.29 is 4.74 Å². The number of hydrogen-bond donors (Lipinski definition) is 1. The van der Waals surface area contributed by atoms with Gasteiger partial charge in [0.1, 0.15) is 23.3 Å². The van der Waals surface area contributed by atoms with Crippen LogP contribution in [-0.2, 0) is 20.2 Å². The van der Waals surface area contributed by atoms with E-state index in [2.05, 4.69) is 22.2 Å². The topological polar surface area (TPSA) is 52.0 Å². The number of hydrogen-bond acceptors (Lipinski definition) is 4. The standard InChI is InChI=1S/C14H19ClN4O/c1-4-16-7-11-12(6-5-10(2)18-11)20-9-14-17-8-13(15)19(14)3/h5-6,8,16H,4,7,9H2,1-3H3. The molecule has 0 saturated carbocycles. The summed E-state index contributed by atoms with van der Waals surface area (Å²) in [5, 5.41) is 3.86. The molecule has 20 heavy (non-hydrogen) atoms. The molecule has 5 nitrogen and oxygen atoms in total. The zero-order valence-corrected chi connectivity index (χ0v) is 12.7. The van der Waals surface area contributed by atoms with E-state index in [-0.39, 0.29) is 0 Å². The second-order valence-electron chi connectivity index (χ2n) is 4.52. The zero-order valence-electron chi connectivity index (χ0n) is 12.0. The lowest BCUT2D eigenvalue weighted by Crippen LogP contribution is -2.15. The fourth-order valence-electron chi connectivity index (χ4n) is 1.80. The minimum atomic E-state index is 0.368. The molecule has 0 saturated heterocycles. The highest BCUT2D eigenvalue weighted by atomic mass is 35.5. The molecule has 0 aliphatic rings. The van der Waals surface area contributed by atoms with E-state index < -0.39 is 0 Å². The maximum Gasteiger partial charge on any atom is 0.147 e. The lowest BCUT2D eigenvalue weighted by molar-refractivity contribution is 0.286. The van der Waals surface area contributed by atoms with Crippen LogP contribution >= 0.6 is 11.6 Å². The molecule has 1 N–H and O–H groups in total. The van der Waals surface area contributed by atoms with Crippen molar-refractivity contribution in [2.24, 2.45) is 7.05 Å². The van der Waals surface area contributed by atoms with Crippen LogP contribution in [0.1, 0.15) is 24.1 Å². The first-order valence-electron chi connectivity index (χ1n) is 6.58. The van der Waals surface area contributed by atoms with Crippen LogP contribution in [0.4, 0.5) is 0 Å². The molecule has 0 aliphatic heterocycles. The van der Waals surface area contributed by atoms with Gasteiger partial charge < -0.3 is 14.6 Å². The molecule has 2 aromatic rings. The average molecular weight is 295 g/mol. The van der Waals surface area contributed by atoms with E-state index in [9.17, 15) is 0 Å². The van der Waals surface area contributed by atoms with Crippen molar-refractivity contribution in [2.45, 2.75) is 27.0 Å². The third-order valence-electron chi connectivity index (χ3n) is 3.00. The molecule has 2 heterocycles. The van der Waals surface area contributed by atoms with E-state index in [0.717, 1.165) is 29.5 Å². The van der Waals surface area contributed by atoms with Crippen molar-refractivity contribution in [2.75, 3.05) is 6.54 Å². The van der Waals surface area contributed by atoms with Gasteiger partial charge in [0.2, 0.25) is 0 Å². The van der Waals surface area contributed by atoms with E-state index in [1.165, 1.54) is 0 Å². The SMILES string of the molecule is CCNCc1nc(C)ccc1OCc1ncc(Cl)n1C. The van der Waals surface area contributed by atoms with Gasteiger partial charge in [0, 0.05) is 19.3 Å². The van der Waals surface area contributed by atoms with Gasteiger partial charge >= 0.3 is 0 Å². The molecule has 0 radical (unpaired) electrons. The molecular weight excluding hydrogens is 276 g/mol. The second-order valence-corrected chi connectivity index (χ2v) is 4.91. The Morgan fingerprint density at radius 2 is 2.20 bits per heavy atom. The molecule has 0 spiro atoms. The summed E-state index contributed by atoms with van der Waals surface area (Å²) in [7, 11) is 1.86. The smallest absolute Gasteiger partial charge is 0.147 e. The molecule has 0 atom stereocenters. The first-order valence-corrected chi connectivity index (χ1v) is 6.95. The fraction of sp³-hybridized carbons (Fsp3) is 0.429. The van der Waals surface area contributed by atoms with Crippen LogP contribution in [0.3, 0.4) is 0 Å². The summed E-state index contributed by atoms with van der Waals surface area (Å²) >= 11 is 5.95. The molecule has 0 aliphatic carbocycles. The molecule has 0 unspecified atom stereocenters. The number of ether oxygens (including phenoxy) is 1. The van der Waals surface area contributed by atoms with Crippen molar-refractivity contribution in [1.29, 1.82) is 0 Å². The van der Waals surface area contributed by atoms with Crippen LogP contribution < -0.4 is 10.1 Å². The highest BCUT2D eigenvalue weighted by Crippen LogP contribution is 2.19. The Bertz CT molecular complexity index is 583. The van der Waals surface area contributed by atoms with Crippen LogP contribution in [0.2, 0.25) is 5.15 Å². The quantitative estimate of drug-likeness (QED) is 0.889. The monoisotopic (exact) mass is 294 g/mol. The third kappa shape index (κ3) is 3.49. The molecule has 2 aromatic heterocycles. The molecule has 2 rings (SSSR count). The predicted octanol–water partition coefficient (Wildman–Crippen LogP) is 2.47. The minimum Gasteiger partial charge on any atom is -0.484 e. The summed E-state index contributed by atoms with van der Waals surface area (Å²) in [6.45, 7) is 5.98. The second kappa shape index (κ2) is 6.72. The summed E-state index contributed by atoms with van der Waals surface area (Å²) in [6, 6.07) is 3.88. The Morgan fingerprint density at radius 1 is 1.40 bits per heavy atom. The molecule has 0 bridgehead atoms. The van der Waals surface area contributed by atoms with Crippen LogP contribution in [0.15, 0.2) is 18.3 Å². The summed E-state index contributed by atoms with van der Waals surface area (Å²) in [5.74, 6) is 1.56. The van der Waals surface area contributed by atoms with Crippen molar-refractivity contribution in [3.05, 3.63) is 40.7 Å². The highest BCUT2D eigenvalue weighted by molar-refractivity contribution is 6.29. The third-order valence-corrected chi connectivity index (χ3v) is 3.35. The number of aromatic nitrogens is 3. The van der Waals surface area contributed by atoms with E-state index in [1.807, 2.05) is 26.1 Å². The van der Waals surface area contributed by atoms with Crippen LogP contribution in [-0.4, -0.2) is 21.1 Å². The average Bonchev–Trinajstić information content (AvgIpc) is 2.75. The number of aryl methyl sites for hydroxylation is 1. The molecule has 0 amide bonds. The molecule has 0 fully saturated rings. The van der Waals surface area contributed by atoms with E-state index >= 15 is 0 Å². The summed E-state index contributed by atoms with van der Waals surface area (Å²) in [5.41, 5.74) is 1.89. The summed E-state index contributed by atoms with van der Waals surface area (Å²) in [4.78, 5) is 8.72. The molecule has 6 heteroatoms. The Balaban J connectivity index is 2.10. The lowest BCUT2D eigenvalue weighted by Gasteiger charge is -2.12. The maximum absolute atomic E-state index is 5.95. The Hall–Kier alpha value is -1.59. The number of halogens is 1. The number of imidazole rings is 1. The van der Waals surface area contributed by atoms with E-state index in [0.29, 0.717) is 18.3 Å². The van der Waals surface area contributed by atoms with Gasteiger partial charge in [0.15, 0.2) is 0 Å². The predicted molar refractivity (Wildman–Crippen MR) is 78.9 cm³/mol. The summed E-state index contributed by atoms with van der Waals surface area (Å²) < 4.78 is 7.62. The molecular formula is C14H19ClN4O. The van der Waals surface area contributed by atoms with Crippen LogP contribution in [0.5, 0.6) is 5.75 Å². The van der Waals surface area contributed by atoms with Gasteiger partial charge in [0.05, 0.1) is 11.9 Å². The number of nitrogens with one attached hydrogen (secondary N) is 1. The van der Waals surface area contributed by atoms with Gasteiger partial charge in [-0.2, -0.15) is 0 Å². The van der Waals surface area contributed by atoms with Crippen molar-refractivity contribution >= 4 is 11.6 Å². The van der Waals surface area contributed by atoms with Gasteiger partial charge in [-0.1, -0.05) is 18.5 Å². The lowest BCUT2D eigenvalue weighted by atomic mass is 10.3. The Labute approximate surface area is 124 Å². The van der Waals surface area contributed by atoms with Gasteiger partial charge in [0.25, 0.3) is 0 Å².